The van der Waals surface area contributed by atoms with E-state index in [2.05, 4.69) is 6.07 Å². The van der Waals surface area contributed by atoms with Crippen molar-refractivity contribution in [3.8, 4) is 5.75 Å². The molecule has 0 aliphatic carbocycles. The summed E-state index contributed by atoms with van der Waals surface area (Å²) in [5, 5.41) is 0.827. The van der Waals surface area contributed by atoms with Crippen molar-refractivity contribution in [3.63, 3.8) is 0 Å². The van der Waals surface area contributed by atoms with Crippen molar-refractivity contribution < 1.29 is 4.74 Å². The summed E-state index contributed by atoms with van der Waals surface area (Å²) in [6.07, 6.45) is 0. The summed E-state index contributed by atoms with van der Waals surface area (Å²) in [5.41, 5.74) is 0. The summed E-state index contributed by atoms with van der Waals surface area (Å²) >= 11 is 11.5. The fourth-order valence-corrected chi connectivity index (χ4v) is 1.03. The molecule has 0 aliphatic rings. The number of rotatable bonds is 2. The fraction of sp³-hybridized carbons (Fsp3) is 0.250. The molecule has 1 aromatic rings. The van der Waals surface area contributed by atoms with E-state index in [1.807, 2.05) is 6.92 Å². The Morgan fingerprint density at radius 2 is 2.27 bits per heavy atom. The second-order valence-electron chi connectivity index (χ2n) is 1.90. The molecule has 0 N–H and O–H groups in total. The highest BCUT2D eigenvalue weighted by molar-refractivity contribution is 6.42. The van der Waals surface area contributed by atoms with E-state index in [9.17, 15) is 0 Å². The quantitative estimate of drug-likeness (QED) is 0.695. The van der Waals surface area contributed by atoms with Gasteiger partial charge in [-0.05, 0) is 19.1 Å². The third-order valence-corrected chi connectivity index (χ3v) is 1.92. The zero-order chi connectivity index (χ0) is 8.27. The second kappa shape index (κ2) is 3.84. The predicted octanol–water partition coefficient (Wildman–Crippen LogP) is 3.19. The molecule has 1 rings (SSSR count). The lowest BCUT2D eigenvalue weighted by molar-refractivity contribution is 0.340. The molecule has 0 saturated heterocycles. The molecule has 0 saturated carbocycles. The van der Waals surface area contributed by atoms with E-state index in [-0.39, 0.29) is 0 Å². The fourth-order valence-electron chi connectivity index (χ4n) is 0.702. The SMILES string of the molecule is CCOc1cc[c]c(Cl)c1Cl. The average Bonchev–Trinajstić information content (AvgIpc) is 1.99. The van der Waals surface area contributed by atoms with E-state index < -0.39 is 0 Å². The smallest absolute Gasteiger partial charge is 0.139 e. The minimum Gasteiger partial charge on any atom is -0.492 e. The van der Waals surface area contributed by atoms with Crippen molar-refractivity contribution in [2.24, 2.45) is 0 Å². The lowest BCUT2D eigenvalue weighted by Crippen LogP contribution is -1.91. The number of hydrogen-bond donors (Lipinski definition) is 0. The Hall–Kier alpha value is -0.400. The Kier molecular flexibility index (Phi) is 3.03. The molecule has 0 spiro atoms. The molecule has 0 fully saturated rings. The van der Waals surface area contributed by atoms with E-state index in [4.69, 9.17) is 27.9 Å². The zero-order valence-electron chi connectivity index (χ0n) is 6.03. The molecule has 11 heavy (non-hydrogen) atoms. The van der Waals surface area contributed by atoms with Crippen LogP contribution in [0.3, 0.4) is 0 Å². The molecule has 59 valence electrons. The van der Waals surface area contributed by atoms with Gasteiger partial charge in [0, 0.05) is 6.07 Å². The van der Waals surface area contributed by atoms with Crippen LogP contribution in [-0.4, -0.2) is 6.61 Å². The van der Waals surface area contributed by atoms with Crippen LogP contribution in [0, 0.1) is 6.07 Å². The van der Waals surface area contributed by atoms with E-state index in [0.717, 1.165) is 0 Å². The summed E-state index contributed by atoms with van der Waals surface area (Å²) < 4.78 is 5.18. The minimum absolute atomic E-state index is 0.401. The van der Waals surface area contributed by atoms with Crippen molar-refractivity contribution >= 4 is 23.2 Å². The van der Waals surface area contributed by atoms with Crippen LogP contribution in [0.4, 0.5) is 0 Å². The van der Waals surface area contributed by atoms with E-state index in [1.54, 1.807) is 12.1 Å². The Labute approximate surface area is 75.9 Å². The maximum atomic E-state index is 5.78. The van der Waals surface area contributed by atoms with Crippen molar-refractivity contribution in [2.75, 3.05) is 6.61 Å². The van der Waals surface area contributed by atoms with Crippen LogP contribution in [0.25, 0.3) is 0 Å². The molecule has 1 aromatic carbocycles. The van der Waals surface area contributed by atoms with Crippen molar-refractivity contribution in [1.29, 1.82) is 0 Å². The van der Waals surface area contributed by atoms with Gasteiger partial charge in [-0.15, -0.1) is 0 Å². The normalized spacial score (nSPS) is 9.73. The first-order valence-electron chi connectivity index (χ1n) is 3.24. The third-order valence-electron chi connectivity index (χ3n) is 1.15. The van der Waals surface area contributed by atoms with Crippen LogP contribution in [0.1, 0.15) is 6.92 Å². The molecule has 0 amide bonds. The highest BCUT2D eigenvalue weighted by atomic mass is 35.5. The summed E-state index contributed by atoms with van der Waals surface area (Å²) in [6.45, 7) is 2.47. The van der Waals surface area contributed by atoms with Crippen LogP contribution in [-0.2, 0) is 0 Å². The molecule has 0 atom stereocenters. The summed E-state index contributed by atoms with van der Waals surface area (Å²) in [7, 11) is 0. The standard InChI is InChI=1S/C8H7Cl2O/c1-2-11-7-5-3-4-6(9)8(7)10/h3,5H,2H2,1H3. The van der Waals surface area contributed by atoms with Gasteiger partial charge in [0.15, 0.2) is 0 Å². The van der Waals surface area contributed by atoms with Crippen LogP contribution >= 0.6 is 23.2 Å². The van der Waals surface area contributed by atoms with E-state index >= 15 is 0 Å². The highest BCUT2D eigenvalue weighted by Gasteiger charge is 2.03. The first-order chi connectivity index (χ1) is 5.25. The average molecular weight is 190 g/mol. The molecule has 3 heteroatoms. The molecular formula is C8H7Cl2O. The van der Waals surface area contributed by atoms with Gasteiger partial charge in [-0.3, -0.25) is 0 Å². The van der Waals surface area contributed by atoms with Gasteiger partial charge in [-0.25, -0.2) is 0 Å². The molecule has 0 aromatic heterocycles. The topological polar surface area (TPSA) is 9.23 Å². The van der Waals surface area contributed by atoms with Crippen LogP contribution in [0.2, 0.25) is 10.0 Å². The van der Waals surface area contributed by atoms with Crippen LogP contribution in [0.15, 0.2) is 12.1 Å². The van der Waals surface area contributed by atoms with E-state index in [1.165, 1.54) is 0 Å². The van der Waals surface area contributed by atoms with Crippen LogP contribution < -0.4 is 4.74 Å². The van der Waals surface area contributed by atoms with Crippen molar-refractivity contribution in [1.82, 2.24) is 0 Å². The molecule has 1 nitrogen and oxygen atoms in total. The monoisotopic (exact) mass is 189 g/mol. The molecule has 0 unspecified atom stereocenters. The van der Waals surface area contributed by atoms with Gasteiger partial charge in [0.25, 0.3) is 0 Å². The Balaban J connectivity index is 2.96. The van der Waals surface area contributed by atoms with Crippen molar-refractivity contribution in [3.05, 3.63) is 28.2 Å². The Morgan fingerprint density at radius 3 is 2.91 bits per heavy atom. The van der Waals surface area contributed by atoms with Gasteiger partial charge in [0.1, 0.15) is 10.8 Å². The lowest BCUT2D eigenvalue weighted by Gasteiger charge is -2.04. The molecule has 0 heterocycles. The van der Waals surface area contributed by atoms with Gasteiger partial charge in [0.2, 0.25) is 0 Å². The van der Waals surface area contributed by atoms with Gasteiger partial charge < -0.3 is 4.74 Å². The summed E-state index contributed by atoms with van der Waals surface area (Å²) in [4.78, 5) is 0. The van der Waals surface area contributed by atoms with Gasteiger partial charge in [-0.2, -0.15) is 0 Å². The third kappa shape index (κ3) is 2.01. The zero-order valence-corrected chi connectivity index (χ0v) is 7.54. The van der Waals surface area contributed by atoms with E-state index in [0.29, 0.717) is 22.4 Å². The number of halogens is 2. The Morgan fingerprint density at radius 1 is 1.55 bits per heavy atom. The summed E-state index contributed by atoms with van der Waals surface area (Å²) in [6, 6.07) is 6.17. The second-order valence-corrected chi connectivity index (χ2v) is 2.66. The molecule has 0 bridgehead atoms. The predicted molar refractivity (Wildman–Crippen MR) is 46.5 cm³/mol. The highest BCUT2D eigenvalue weighted by Crippen LogP contribution is 2.30. The largest absolute Gasteiger partial charge is 0.492 e. The minimum atomic E-state index is 0.401. The molecule has 0 aliphatic heterocycles. The number of ether oxygens (including phenoxy) is 1. The lowest BCUT2D eigenvalue weighted by atomic mass is 10.3. The van der Waals surface area contributed by atoms with Gasteiger partial charge in [0.05, 0.1) is 11.6 Å². The maximum Gasteiger partial charge on any atom is 0.139 e. The molecule has 1 radical (unpaired) electrons. The number of benzene rings is 1. The van der Waals surface area contributed by atoms with Gasteiger partial charge >= 0.3 is 0 Å². The first-order valence-corrected chi connectivity index (χ1v) is 3.99. The van der Waals surface area contributed by atoms with Gasteiger partial charge in [-0.1, -0.05) is 23.2 Å². The number of hydrogen-bond acceptors (Lipinski definition) is 1. The molecular weight excluding hydrogens is 183 g/mol. The first kappa shape index (κ1) is 8.69. The Bertz CT molecular complexity index is 248. The van der Waals surface area contributed by atoms with Crippen molar-refractivity contribution in [2.45, 2.75) is 6.92 Å². The summed E-state index contributed by atoms with van der Waals surface area (Å²) in [5.74, 6) is 0.609. The maximum absolute atomic E-state index is 5.78. The van der Waals surface area contributed by atoms with Crippen LogP contribution in [0.5, 0.6) is 5.75 Å².